The molecular weight excluding hydrogens is 340 g/mol. The standard InChI is InChI=1S/C21H27N2SSi/c1-22(2)15-7-8-17-18(12-15)25(5,6)19-13-16(23(3)4)11-14-9-10-24-21(17)20(14)19/h7-8,11-13H,9-10H2,1-6H3. The largest absolute Gasteiger partial charge is 0.378 e. The summed E-state index contributed by atoms with van der Waals surface area (Å²) in [7, 11) is 6.86. The Bertz CT molecular complexity index is 897. The molecule has 0 atom stereocenters. The van der Waals surface area contributed by atoms with Gasteiger partial charge in [0.2, 0.25) is 0 Å². The molecule has 2 aliphatic heterocycles. The lowest BCUT2D eigenvalue weighted by atomic mass is 9.97. The number of hydrogen-bond donors (Lipinski definition) is 0. The van der Waals surface area contributed by atoms with Crippen LogP contribution >= 0.6 is 11.8 Å². The number of rotatable bonds is 1. The third-order valence-corrected chi connectivity index (χ3v) is 10.3. The highest BCUT2D eigenvalue weighted by atomic mass is 32.2. The van der Waals surface area contributed by atoms with Crippen molar-refractivity contribution in [2.45, 2.75) is 19.5 Å². The van der Waals surface area contributed by atoms with E-state index in [0.717, 1.165) is 0 Å². The summed E-state index contributed by atoms with van der Waals surface area (Å²) < 4.78 is 2.22. The van der Waals surface area contributed by atoms with Crippen LogP contribution in [0.1, 0.15) is 11.1 Å². The zero-order valence-electron chi connectivity index (χ0n) is 16.1. The molecule has 0 N–H and O–H groups in total. The van der Waals surface area contributed by atoms with E-state index in [1.165, 1.54) is 34.1 Å². The van der Waals surface area contributed by atoms with E-state index >= 15 is 0 Å². The van der Waals surface area contributed by atoms with Gasteiger partial charge in [-0.15, -0.1) is 11.8 Å². The first-order valence-electron chi connectivity index (χ1n) is 8.98. The second kappa shape index (κ2) is 5.75. The molecule has 0 unspecified atom stereocenters. The number of benzene rings is 1. The molecule has 1 aromatic carbocycles. The molecule has 2 heterocycles. The maximum atomic E-state index is 2.52. The van der Waals surface area contributed by atoms with Crippen molar-refractivity contribution >= 4 is 41.3 Å². The van der Waals surface area contributed by atoms with Crippen molar-refractivity contribution in [3.8, 4) is 0 Å². The molecule has 0 radical (unpaired) electrons. The van der Waals surface area contributed by atoms with Crippen LogP contribution in [0, 0.1) is 0 Å². The Labute approximate surface area is 156 Å². The first-order chi connectivity index (χ1) is 11.8. The highest BCUT2D eigenvalue weighted by Gasteiger charge is 2.34. The quantitative estimate of drug-likeness (QED) is 0.554. The van der Waals surface area contributed by atoms with Gasteiger partial charge in [-0.3, -0.25) is 0 Å². The molecule has 131 valence electrons. The van der Waals surface area contributed by atoms with Crippen LogP contribution in [-0.4, -0.2) is 52.3 Å². The molecule has 4 heteroatoms. The van der Waals surface area contributed by atoms with Crippen LogP contribution in [0.2, 0.25) is 13.1 Å². The number of hydrogen-bond acceptors (Lipinski definition) is 2. The van der Waals surface area contributed by atoms with Gasteiger partial charge in [-0.1, -0.05) is 20.2 Å². The Morgan fingerprint density at radius 2 is 1.88 bits per heavy atom. The van der Waals surface area contributed by atoms with Crippen LogP contribution in [0.3, 0.4) is 0 Å². The third-order valence-electron chi connectivity index (χ3n) is 5.68. The van der Waals surface area contributed by atoms with Gasteiger partial charge in [-0.2, -0.15) is 23.5 Å². The first-order valence-corrected chi connectivity index (χ1v) is 13.0. The van der Waals surface area contributed by atoms with Gasteiger partial charge < -0.3 is 4.90 Å². The van der Waals surface area contributed by atoms with Crippen molar-refractivity contribution in [1.82, 2.24) is 0 Å². The van der Waals surface area contributed by atoms with Gasteiger partial charge in [0.05, 0.1) is 0 Å². The van der Waals surface area contributed by atoms with E-state index in [1.807, 2.05) is 0 Å². The summed E-state index contributed by atoms with van der Waals surface area (Å²) in [6.45, 7) is 5.05. The number of fused-ring (bicyclic) bond motifs is 1. The SMILES string of the molecule is CN(C)c1cc2c3c(c1)[Si-](C)(C)C1=CC(=[N+](C)C)C=CC1=C3SCC2. The van der Waals surface area contributed by atoms with Gasteiger partial charge in [-0.25, -0.2) is 4.58 Å². The molecule has 0 bridgehead atoms. The molecule has 4 rings (SSSR count). The molecule has 3 aliphatic rings. The Morgan fingerprint density at radius 1 is 1.12 bits per heavy atom. The van der Waals surface area contributed by atoms with Crippen molar-refractivity contribution < 1.29 is 4.58 Å². The molecule has 0 spiro atoms. The summed E-state index contributed by atoms with van der Waals surface area (Å²) >= 11 is 2.05. The summed E-state index contributed by atoms with van der Waals surface area (Å²) in [6, 6.07) is 4.89. The maximum absolute atomic E-state index is 2.52. The topological polar surface area (TPSA) is 6.25 Å². The zero-order valence-corrected chi connectivity index (χ0v) is 17.9. The van der Waals surface area contributed by atoms with E-state index in [0.29, 0.717) is 0 Å². The van der Waals surface area contributed by atoms with E-state index in [9.17, 15) is 0 Å². The molecule has 0 saturated heterocycles. The van der Waals surface area contributed by atoms with Crippen molar-refractivity contribution in [2.75, 3.05) is 38.8 Å². The number of thioether (sulfide) groups is 1. The fraction of sp³-hybridized carbons (Fsp3) is 0.381. The minimum Gasteiger partial charge on any atom is -0.378 e. The molecule has 0 saturated carbocycles. The second-order valence-corrected chi connectivity index (χ2v) is 13.5. The van der Waals surface area contributed by atoms with Crippen LogP contribution in [0.5, 0.6) is 0 Å². The van der Waals surface area contributed by atoms with E-state index in [-0.39, 0.29) is 0 Å². The normalized spacial score (nSPS) is 20.1. The number of aryl methyl sites for hydroxylation is 1. The highest BCUT2D eigenvalue weighted by Crippen LogP contribution is 2.47. The van der Waals surface area contributed by atoms with Crippen molar-refractivity contribution in [1.29, 1.82) is 0 Å². The van der Waals surface area contributed by atoms with E-state index in [2.05, 4.69) is 92.9 Å². The number of allylic oxidation sites excluding steroid dienone is 5. The monoisotopic (exact) mass is 367 g/mol. The molecular formula is C21H27N2SSi. The van der Waals surface area contributed by atoms with E-state index in [1.54, 1.807) is 21.5 Å². The Morgan fingerprint density at radius 3 is 2.56 bits per heavy atom. The summed E-state index contributed by atoms with van der Waals surface area (Å²) in [6.07, 6.45) is 8.30. The molecule has 0 fully saturated rings. The Kier molecular flexibility index (Phi) is 3.89. The average molecular weight is 368 g/mol. The number of anilines is 1. The van der Waals surface area contributed by atoms with Crippen LogP contribution in [0.15, 0.2) is 41.1 Å². The third kappa shape index (κ3) is 2.49. The van der Waals surface area contributed by atoms with Crippen LogP contribution < -0.4 is 10.1 Å². The Hall–Kier alpha value is -1.52. The fourth-order valence-corrected chi connectivity index (χ4v) is 8.65. The summed E-state index contributed by atoms with van der Waals surface area (Å²) in [5, 5.41) is 3.22. The van der Waals surface area contributed by atoms with Gasteiger partial charge in [0, 0.05) is 36.5 Å². The minimum atomic E-state index is -1.73. The maximum Gasteiger partial charge on any atom is 0.196 e. The van der Waals surface area contributed by atoms with E-state index in [4.69, 9.17) is 0 Å². The smallest absolute Gasteiger partial charge is 0.196 e. The highest BCUT2D eigenvalue weighted by molar-refractivity contribution is 8.08. The molecule has 0 aromatic heterocycles. The lowest BCUT2D eigenvalue weighted by Gasteiger charge is -2.48. The summed E-state index contributed by atoms with van der Waals surface area (Å²) in [4.78, 5) is 3.78. The van der Waals surface area contributed by atoms with Gasteiger partial charge in [0.25, 0.3) is 0 Å². The van der Waals surface area contributed by atoms with Gasteiger partial charge in [0.15, 0.2) is 5.71 Å². The molecule has 25 heavy (non-hydrogen) atoms. The molecule has 0 amide bonds. The van der Waals surface area contributed by atoms with Gasteiger partial charge >= 0.3 is 0 Å². The molecule has 2 nitrogen and oxygen atoms in total. The van der Waals surface area contributed by atoms with Crippen molar-refractivity contribution in [2.24, 2.45) is 0 Å². The van der Waals surface area contributed by atoms with Crippen molar-refractivity contribution in [3.05, 3.63) is 52.3 Å². The first kappa shape index (κ1) is 16.9. The summed E-state index contributed by atoms with van der Waals surface area (Å²) in [5.41, 5.74) is 7.29. The van der Waals surface area contributed by atoms with Crippen LogP contribution in [0.25, 0.3) is 4.91 Å². The summed E-state index contributed by atoms with van der Waals surface area (Å²) in [5.74, 6) is 1.19. The van der Waals surface area contributed by atoms with Gasteiger partial charge in [-0.05, 0) is 35.3 Å². The predicted molar refractivity (Wildman–Crippen MR) is 115 cm³/mol. The minimum absolute atomic E-state index is 1.19. The number of nitrogens with zero attached hydrogens (tertiary/aromatic N) is 2. The predicted octanol–water partition coefficient (Wildman–Crippen LogP) is 3.43. The second-order valence-electron chi connectivity index (χ2n) is 8.10. The molecule has 1 aliphatic carbocycles. The molecule has 1 aromatic rings. The Balaban J connectivity index is 2.06. The van der Waals surface area contributed by atoms with Crippen LogP contribution in [0.4, 0.5) is 5.69 Å². The van der Waals surface area contributed by atoms with Crippen molar-refractivity contribution in [3.63, 3.8) is 0 Å². The average Bonchev–Trinajstić information content (AvgIpc) is 2.58. The lowest BCUT2D eigenvalue weighted by molar-refractivity contribution is -0.462. The van der Waals surface area contributed by atoms with E-state index < -0.39 is 8.07 Å². The zero-order chi connectivity index (χ0) is 17.9. The fourth-order valence-electron chi connectivity index (χ4n) is 4.12. The van der Waals surface area contributed by atoms with Crippen LogP contribution in [-0.2, 0) is 6.42 Å². The van der Waals surface area contributed by atoms with Gasteiger partial charge in [0.1, 0.15) is 14.1 Å². The lowest BCUT2D eigenvalue weighted by Crippen LogP contribution is -2.50.